The van der Waals surface area contributed by atoms with E-state index in [0.717, 1.165) is 18.5 Å². The molecule has 1 aromatic rings. The monoisotopic (exact) mass is 270 g/mol. The zero-order valence-corrected chi connectivity index (χ0v) is 11.5. The molecule has 1 aromatic heterocycles. The molecule has 0 aromatic carbocycles. The fraction of sp³-hybridized carbons (Fsp3) is 0.667. The lowest BCUT2D eigenvalue weighted by atomic mass is 10.1. The van der Waals surface area contributed by atoms with Crippen molar-refractivity contribution in [2.75, 3.05) is 12.9 Å². The molecule has 0 saturated heterocycles. The van der Waals surface area contributed by atoms with Gasteiger partial charge in [-0.3, -0.25) is 13.7 Å². The van der Waals surface area contributed by atoms with Crippen LogP contribution in [0.5, 0.6) is 0 Å². The minimum Gasteiger partial charge on any atom is -0.469 e. The maximum atomic E-state index is 12.1. The summed E-state index contributed by atoms with van der Waals surface area (Å²) in [5, 5.41) is 4.21. The number of aromatic nitrogens is 2. The summed E-state index contributed by atoms with van der Waals surface area (Å²) in [5.74, 6) is 0.824. The summed E-state index contributed by atoms with van der Waals surface area (Å²) in [5.41, 5.74) is 0.761. The molecule has 18 heavy (non-hydrogen) atoms. The van der Waals surface area contributed by atoms with Crippen molar-refractivity contribution in [2.24, 2.45) is 12.5 Å². The van der Waals surface area contributed by atoms with E-state index < -0.39 is 10.8 Å². The first-order chi connectivity index (χ1) is 8.53. The number of ether oxygens (including phenoxy) is 1. The van der Waals surface area contributed by atoms with Gasteiger partial charge in [0.2, 0.25) is 0 Å². The molecule has 0 amide bonds. The van der Waals surface area contributed by atoms with E-state index in [1.807, 2.05) is 19.3 Å². The predicted octanol–water partition coefficient (Wildman–Crippen LogP) is 1.01. The minimum absolute atomic E-state index is 0.0767. The first-order valence-electron chi connectivity index (χ1n) is 5.93. The Labute approximate surface area is 109 Å². The lowest BCUT2D eigenvalue weighted by Gasteiger charge is -2.12. The molecule has 0 radical (unpaired) electrons. The van der Waals surface area contributed by atoms with E-state index in [-0.39, 0.29) is 11.4 Å². The van der Waals surface area contributed by atoms with Gasteiger partial charge in [-0.1, -0.05) is 0 Å². The largest absolute Gasteiger partial charge is 0.469 e. The number of carbonyl (C=O) groups is 1. The molecule has 0 aliphatic heterocycles. The number of methoxy groups -OCH3 is 1. The van der Waals surface area contributed by atoms with Crippen LogP contribution in [-0.2, 0) is 33.1 Å². The molecule has 1 aliphatic rings. The molecule has 0 bridgehead atoms. The number of aryl methyl sites for hydroxylation is 1. The second-order valence-electron chi connectivity index (χ2n) is 4.96. The van der Waals surface area contributed by atoms with E-state index >= 15 is 0 Å². The third-order valence-corrected chi connectivity index (χ3v) is 4.80. The second kappa shape index (κ2) is 5.22. The number of hydrogen-bond acceptors (Lipinski definition) is 4. The highest BCUT2D eigenvalue weighted by Crippen LogP contribution is 2.49. The lowest BCUT2D eigenvalue weighted by molar-refractivity contribution is -0.141. The van der Waals surface area contributed by atoms with Gasteiger partial charge in [-0.05, 0) is 24.3 Å². The zero-order chi connectivity index (χ0) is 13.2. The first-order valence-corrected chi connectivity index (χ1v) is 7.42. The van der Waals surface area contributed by atoms with Gasteiger partial charge >= 0.3 is 5.97 Å². The van der Waals surface area contributed by atoms with Gasteiger partial charge in [0.1, 0.15) is 0 Å². The molecule has 1 unspecified atom stereocenters. The Balaban J connectivity index is 1.86. The van der Waals surface area contributed by atoms with Gasteiger partial charge in [0.15, 0.2) is 0 Å². The highest BCUT2D eigenvalue weighted by Gasteiger charge is 2.45. The topological polar surface area (TPSA) is 61.2 Å². The number of esters is 1. The summed E-state index contributed by atoms with van der Waals surface area (Å²) >= 11 is 0. The van der Waals surface area contributed by atoms with Crippen LogP contribution in [0.25, 0.3) is 0 Å². The quantitative estimate of drug-likeness (QED) is 0.724. The average molecular weight is 270 g/mol. The number of rotatable bonds is 6. The number of carbonyl (C=O) groups excluding carboxylic acids is 1. The Kier molecular flexibility index (Phi) is 3.85. The standard InChI is InChI=1S/C12H18N2O3S/c1-14-6-3-10(13-14)8-18(16)9-12(4-5-12)7-11(15)17-2/h3,6H,4-5,7-9H2,1-2H3. The van der Waals surface area contributed by atoms with E-state index in [1.165, 1.54) is 7.11 Å². The van der Waals surface area contributed by atoms with Crippen molar-refractivity contribution in [1.29, 1.82) is 0 Å². The van der Waals surface area contributed by atoms with Crippen molar-refractivity contribution in [3.8, 4) is 0 Å². The highest BCUT2D eigenvalue weighted by atomic mass is 32.2. The van der Waals surface area contributed by atoms with Gasteiger partial charge in [0, 0.05) is 29.8 Å². The first kappa shape index (κ1) is 13.3. The smallest absolute Gasteiger partial charge is 0.306 e. The summed E-state index contributed by atoms with van der Waals surface area (Å²) in [7, 11) is 2.26. The van der Waals surface area contributed by atoms with Crippen LogP contribution in [0.4, 0.5) is 0 Å². The fourth-order valence-corrected chi connectivity index (χ4v) is 3.68. The van der Waals surface area contributed by atoms with Gasteiger partial charge in [-0.2, -0.15) is 5.10 Å². The summed E-state index contributed by atoms with van der Waals surface area (Å²) in [6.45, 7) is 0. The molecule has 0 spiro atoms. The van der Waals surface area contributed by atoms with E-state index in [4.69, 9.17) is 0 Å². The van der Waals surface area contributed by atoms with Crippen molar-refractivity contribution in [3.63, 3.8) is 0 Å². The molecule has 0 N–H and O–H groups in total. The summed E-state index contributed by atoms with van der Waals surface area (Å²) in [6.07, 6.45) is 4.16. The normalized spacial score (nSPS) is 18.3. The Morgan fingerprint density at radius 1 is 1.61 bits per heavy atom. The van der Waals surface area contributed by atoms with Crippen LogP contribution in [0.1, 0.15) is 25.0 Å². The van der Waals surface area contributed by atoms with Gasteiger partial charge in [-0.25, -0.2) is 0 Å². The van der Waals surface area contributed by atoms with Crippen LogP contribution in [0.15, 0.2) is 12.3 Å². The summed E-state index contributed by atoms with van der Waals surface area (Å²) < 4.78 is 18.4. The second-order valence-corrected chi connectivity index (χ2v) is 6.42. The molecular weight excluding hydrogens is 252 g/mol. The zero-order valence-electron chi connectivity index (χ0n) is 10.7. The van der Waals surface area contributed by atoms with Crippen LogP contribution in [0, 0.1) is 5.41 Å². The molecule has 1 fully saturated rings. The Morgan fingerprint density at radius 3 is 2.83 bits per heavy atom. The Morgan fingerprint density at radius 2 is 2.33 bits per heavy atom. The SMILES string of the molecule is COC(=O)CC1(CS(=O)Cc2ccn(C)n2)CC1. The molecule has 1 saturated carbocycles. The molecule has 6 heteroatoms. The molecule has 1 atom stereocenters. The van der Waals surface area contributed by atoms with Crippen molar-refractivity contribution in [1.82, 2.24) is 9.78 Å². The van der Waals surface area contributed by atoms with Crippen molar-refractivity contribution >= 4 is 16.8 Å². The number of nitrogens with zero attached hydrogens (tertiary/aromatic N) is 2. The average Bonchev–Trinajstić information content (AvgIpc) is 2.92. The van der Waals surface area contributed by atoms with E-state index in [9.17, 15) is 9.00 Å². The van der Waals surface area contributed by atoms with E-state index in [2.05, 4.69) is 9.84 Å². The Bertz CT molecular complexity index is 466. The minimum atomic E-state index is -0.967. The van der Waals surface area contributed by atoms with Gasteiger partial charge in [0.25, 0.3) is 0 Å². The fourth-order valence-electron chi connectivity index (χ4n) is 2.02. The predicted molar refractivity (Wildman–Crippen MR) is 68.2 cm³/mol. The van der Waals surface area contributed by atoms with Crippen LogP contribution in [0.3, 0.4) is 0 Å². The van der Waals surface area contributed by atoms with Gasteiger partial charge < -0.3 is 4.74 Å². The Hall–Kier alpha value is -1.17. The maximum absolute atomic E-state index is 12.1. The molecule has 1 heterocycles. The third kappa shape index (κ3) is 3.41. The summed E-state index contributed by atoms with van der Waals surface area (Å²) in [4.78, 5) is 11.3. The van der Waals surface area contributed by atoms with E-state index in [0.29, 0.717) is 17.9 Å². The van der Waals surface area contributed by atoms with Gasteiger partial charge in [-0.15, -0.1) is 0 Å². The van der Waals surface area contributed by atoms with Crippen molar-refractivity contribution < 1.29 is 13.7 Å². The van der Waals surface area contributed by atoms with Crippen LogP contribution >= 0.6 is 0 Å². The van der Waals surface area contributed by atoms with E-state index in [1.54, 1.807) is 4.68 Å². The van der Waals surface area contributed by atoms with Crippen molar-refractivity contribution in [3.05, 3.63) is 18.0 Å². The van der Waals surface area contributed by atoms with Crippen LogP contribution in [-0.4, -0.2) is 32.8 Å². The van der Waals surface area contributed by atoms with Crippen LogP contribution in [0.2, 0.25) is 0 Å². The van der Waals surface area contributed by atoms with Crippen LogP contribution < -0.4 is 0 Å². The van der Waals surface area contributed by atoms with Gasteiger partial charge in [0.05, 0.1) is 25.0 Å². The number of hydrogen-bond donors (Lipinski definition) is 0. The molecular formula is C12H18N2O3S. The molecule has 1 aliphatic carbocycles. The molecule has 5 nitrogen and oxygen atoms in total. The molecule has 2 rings (SSSR count). The van der Waals surface area contributed by atoms with Crippen molar-refractivity contribution in [2.45, 2.75) is 25.0 Å². The lowest BCUT2D eigenvalue weighted by Crippen LogP contribution is -2.18. The third-order valence-electron chi connectivity index (χ3n) is 3.25. The summed E-state index contributed by atoms with van der Waals surface area (Å²) in [6, 6.07) is 1.87. The highest BCUT2D eigenvalue weighted by molar-refractivity contribution is 7.84. The molecule has 100 valence electrons. The maximum Gasteiger partial charge on any atom is 0.306 e.